The van der Waals surface area contributed by atoms with Crippen LogP contribution in [0.4, 0.5) is 0 Å². The number of aromatic nitrogens is 3. The Balaban J connectivity index is 1.10. The number of nitriles is 1. The third kappa shape index (κ3) is 5.90. The highest BCUT2D eigenvalue weighted by molar-refractivity contribution is 5.94. The Hall–Kier alpha value is -6.96. The highest BCUT2D eigenvalue weighted by Gasteiger charge is 2.44. The zero-order chi connectivity index (χ0) is 37.5. The number of nitrogens with zero attached hydrogens (tertiary/aromatic N) is 4. The molecular weight excluding hydrogens is 681 g/mol. The summed E-state index contributed by atoms with van der Waals surface area (Å²) in [4.78, 5) is 15.4. The van der Waals surface area contributed by atoms with E-state index in [1.807, 2.05) is 18.2 Å². The normalized spacial score (nSPS) is 13.8. The van der Waals surface area contributed by atoms with Crippen molar-refractivity contribution in [3.05, 3.63) is 187 Å². The standard InChI is InChI=1S/C52H38N4/c53-34-35-20-29-46-45(32-35)48-44(18-11-19-47(48)52(46)30-8-3-9-31-52)42-16-10-17-43(33-42)51-55-49(40-25-21-38(22-26-40)36-12-4-1-5-13-36)54-50(56-51)41-27-23-39(24-28-41)37-14-6-2-7-15-37/h1-2,4-7,10-29,32-33H,3,8-9,30-31H2. The molecule has 8 aromatic rings. The number of rotatable bonds is 6. The molecule has 4 nitrogen and oxygen atoms in total. The van der Waals surface area contributed by atoms with Crippen LogP contribution in [0.15, 0.2) is 170 Å². The Morgan fingerprint density at radius 3 is 1.48 bits per heavy atom. The van der Waals surface area contributed by atoms with Gasteiger partial charge in [0, 0.05) is 22.1 Å². The Morgan fingerprint density at radius 1 is 0.393 bits per heavy atom. The molecule has 4 heteroatoms. The fourth-order valence-corrected chi connectivity index (χ4v) is 9.03. The maximum atomic E-state index is 9.94. The maximum absolute atomic E-state index is 9.94. The van der Waals surface area contributed by atoms with E-state index in [9.17, 15) is 5.26 Å². The van der Waals surface area contributed by atoms with Crippen LogP contribution in [0.2, 0.25) is 0 Å². The molecule has 0 aliphatic heterocycles. The SMILES string of the molecule is N#Cc1ccc2c(c1)-c1c(-c3cccc(-c4nc(-c5ccc(-c6ccccc6)cc5)nc(-c5ccc(-c6ccccc6)cc5)n4)c3)cccc1C21CCCCC1. The fourth-order valence-electron chi connectivity index (χ4n) is 9.03. The van der Waals surface area contributed by atoms with Crippen LogP contribution in [0.1, 0.15) is 48.8 Å². The summed E-state index contributed by atoms with van der Waals surface area (Å²) in [6.45, 7) is 0. The Kier molecular flexibility index (Phi) is 8.42. The first-order valence-electron chi connectivity index (χ1n) is 19.5. The first-order valence-corrected chi connectivity index (χ1v) is 19.5. The molecule has 0 saturated heterocycles. The molecule has 56 heavy (non-hydrogen) atoms. The third-order valence-corrected chi connectivity index (χ3v) is 11.8. The first kappa shape index (κ1) is 33.6. The van der Waals surface area contributed by atoms with Crippen molar-refractivity contribution in [2.75, 3.05) is 0 Å². The molecule has 0 amide bonds. The lowest BCUT2D eigenvalue weighted by molar-refractivity contribution is 0.353. The molecule has 7 aromatic carbocycles. The molecule has 1 spiro atoms. The second-order valence-corrected chi connectivity index (χ2v) is 15.0. The molecule has 0 unspecified atom stereocenters. The van der Waals surface area contributed by atoms with E-state index < -0.39 is 0 Å². The van der Waals surface area contributed by atoms with Crippen molar-refractivity contribution in [3.63, 3.8) is 0 Å². The smallest absolute Gasteiger partial charge is 0.164 e. The van der Waals surface area contributed by atoms with Gasteiger partial charge >= 0.3 is 0 Å². The molecule has 1 fully saturated rings. The van der Waals surface area contributed by atoms with Gasteiger partial charge in [0.25, 0.3) is 0 Å². The highest BCUT2D eigenvalue weighted by atomic mass is 15.0. The van der Waals surface area contributed by atoms with Crippen molar-refractivity contribution in [1.29, 1.82) is 5.26 Å². The number of fused-ring (bicyclic) bond motifs is 5. The van der Waals surface area contributed by atoms with Gasteiger partial charge in [-0.15, -0.1) is 0 Å². The second-order valence-electron chi connectivity index (χ2n) is 15.0. The minimum atomic E-state index is -0.00530. The molecule has 0 radical (unpaired) electrons. The van der Waals surface area contributed by atoms with E-state index in [1.165, 1.54) is 58.2 Å². The molecule has 10 rings (SSSR count). The van der Waals surface area contributed by atoms with Gasteiger partial charge in [-0.05, 0) is 86.7 Å². The average molecular weight is 719 g/mol. The van der Waals surface area contributed by atoms with Crippen molar-refractivity contribution < 1.29 is 0 Å². The van der Waals surface area contributed by atoms with Gasteiger partial charge in [-0.25, -0.2) is 15.0 Å². The van der Waals surface area contributed by atoms with Gasteiger partial charge in [-0.3, -0.25) is 0 Å². The molecular formula is C52H38N4. The lowest BCUT2D eigenvalue weighted by atomic mass is 9.67. The van der Waals surface area contributed by atoms with Gasteiger partial charge in [0.1, 0.15) is 0 Å². The molecule has 1 heterocycles. The van der Waals surface area contributed by atoms with E-state index >= 15 is 0 Å². The van der Waals surface area contributed by atoms with Gasteiger partial charge in [0.15, 0.2) is 17.5 Å². The van der Waals surface area contributed by atoms with Crippen LogP contribution in [0.25, 0.3) is 78.7 Å². The summed E-state index contributed by atoms with van der Waals surface area (Å²) in [5.41, 5.74) is 15.6. The number of benzene rings is 7. The summed E-state index contributed by atoms with van der Waals surface area (Å²) < 4.78 is 0. The first-order chi connectivity index (χ1) is 27.7. The molecule has 1 aromatic heterocycles. The van der Waals surface area contributed by atoms with E-state index in [-0.39, 0.29) is 5.41 Å². The highest BCUT2D eigenvalue weighted by Crippen LogP contribution is 2.58. The predicted molar refractivity (Wildman–Crippen MR) is 226 cm³/mol. The van der Waals surface area contributed by atoms with E-state index in [0.29, 0.717) is 23.0 Å². The topological polar surface area (TPSA) is 62.5 Å². The number of hydrogen-bond donors (Lipinski definition) is 0. The predicted octanol–water partition coefficient (Wildman–Crippen LogP) is 13.0. The zero-order valence-corrected chi connectivity index (χ0v) is 31.0. The van der Waals surface area contributed by atoms with Crippen molar-refractivity contribution in [3.8, 4) is 84.7 Å². The maximum Gasteiger partial charge on any atom is 0.164 e. The van der Waals surface area contributed by atoms with Gasteiger partial charge in [-0.2, -0.15) is 5.26 Å². The summed E-state index contributed by atoms with van der Waals surface area (Å²) in [6.07, 6.45) is 5.98. The average Bonchev–Trinajstić information content (AvgIpc) is 3.55. The molecule has 2 aliphatic carbocycles. The minimum Gasteiger partial charge on any atom is -0.208 e. The summed E-state index contributed by atoms with van der Waals surface area (Å²) in [6, 6.07) is 61.9. The Morgan fingerprint density at radius 2 is 0.893 bits per heavy atom. The summed E-state index contributed by atoms with van der Waals surface area (Å²) in [7, 11) is 0. The van der Waals surface area contributed by atoms with Gasteiger partial charge < -0.3 is 0 Å². The van der Waals surface area contributed by atoms with Crippen LogP contribution in [-0.2, 0) is 5.41 Å². The third-order valence-electron chi connectivity index (χ3n) is 11.8. The molecule has 266 valence electrons. The summed E-state index contributed by atoms with van der Waals surface area (Å²) in [5, 5.41) is 9.94. The number of hydrogen-bond acceptors (Lipinski definition) is 4. The van der Waals surface area contributed by atoms with E-state index in [0.717, 1.165) is 46.2 Å². The van der Waals surface area contributed by atoms with E-state index in [1.54, 1.807) is 0 Å². The van der Waals surface area contributed by atoms with Gasteiger partial charge in [0.05, 0.1) is 11.6 Å². The lowest BCUT2D eigenvalue weighted by Gasteiger charge is -2.36. The van der Waals surface area contributed by atoms with E-state index in [4.69, 9.17) is 15.0 Å². The summed E-state index contributed by atoms with van der Waals surface area (Å²) >= 11 is 0. The minimum absolute atomic E-state index is 0.00530. The monoisotopic (exact) mass is 718 g/mol. The molecule has 1 saturated carbocycles. The van der Waals surface area contributed by atoms with Crippen LogP contribution in [0, 0.1) is 11.3 Å². The van der Waals surface area contributed by atoms with E-state index in [2.05, 4.69) is 158 Å². The van der Waals surface area contributed by atoms with Crippen LogP contribution in [0.3, 0.4) is 0 Å². The second kappa shape index (κ2) is 14.0. The van der Waals surface area contributed by atoms with Crippen molar-refractivity contribution in [2.45, 2.75) is 37.5 Å². The molecule has 0 N–H and O–H groups in total. The largest absolute Gasteiger partial charge is 0.208 e. The molecule has 0 atom stereocenters. The molecule has 2 aliphatic rings. The van der Waals surface area contributed by atoms with Crippen molar-refractivity contribution in [1.82, 2.24) is 15.0 Å². The van der Waals surface area contributed by atoms with Crippen molar-refractivity contribution >= 4 is 0 Å². The van der Waals surface area contributed by atoms with Crippen LogP contribution >= 0.6 is 0 Å². The zero-order valence-electron chi connectivity index (χ0n) is 31.0. The van der Waals surface area contributed by atoms with Crippen molar-refractivity contribution in [2.24, 2.45) is 0 Å². The lowest BCUT2D eigenvalue weighted by Crippen LogP contribution is -2.28. The van der Waals surface area contributed by atoms with Crippen LogP contribution in [-0.4, -0.2) is 15.0 Å². The van der Waals surface area contributed by atoms with Gasteiger partial charge in [-0.1, -0.05) is 171 Å². The van der Waals surface area contributed by atoms with Gasteiger partial charge in [0.2, 0.25) is 0 Å². The fraction of sp³-hybridized carbons (Fsp3) is 0.115. The molecule has 0 bridgehead atoms. The Bertz CT molecular complexity index is 2660. The summed E-state index contributed by atoms with van der Waals surface area (Å²) in [5.74, 6) is 1.87. The van der Waals surface area contributed by atoms with Crippen LogP contribution < -0.4 is 0 Å². The van der Waals surface area contributed by atoms with Crippen LogP contribution in [0.5, 0.6) is 0 Å². The Labute approximate surface area is 327 Å². The quantitative estimate of drug-likeness (QED) is 0.172.